The Morgan fingerprint density at radius 1 is 1.28 bits per heavy atom. The Morgan fingerprint density at radius 2 is 2.00 bits per heavy atom. The molecule has 1 aromatic rings. The molecule has 1 aliphatic carbocycles. The van der Waals surface area contributed by atoms with E-state index in [4.69, 9.17) is 0 Å². The van der Waals surface area contributed by atoms with E-state index in [2.05, 4.69) is 18.8 Å². The first-order valence-electron chi connectivity index (χ1n) is 7.20. The molecule has 1 heterocycles. The largest absolute Gasteiger partial charge is 0.392 e. The van der Waals surface area contributed by atoms with Crippen LogP contribution in [0.15, 0.2) is 24.4 Å². The summed E-state index contributed by atoms with van der Waals surface area (Å²) in [6, 6.07) is 5.94. The van der Waals surface area contributed by atoms with Gasteiger partial charge in [-0.2, -0.15) is 0 Å². The van der Waals surface area contributed by atoms with Crippen LogP contribution in [0.5, 0.6) is 0 Å². The molecule has 1 fully saturated rings. The minimum atomic E-state index is -0.239. The van der Waals surface area contributed by atoms with Crippen molar-refractivity contribution < 1.29 is 5.11 Å². The third kappa shape index (κ3) is 3.11. The molecule has 0 spiro atoms. The maximum Gasteiger partial charge on any atom is 0.0651 e. The molecule has 0 aromatic carbocycles. The van der Waals surface area contributed by atoms with Crippen molar-refractivity contribution in [1.29, 1.82) is 0 Å². The SMILES string of the molecule is CC(C)CC1(C(O)Cc2ccccn2)CCCC1. The van der Waals surface area contributed by atoms with Gasteiger partial charge in [0.25, 0.3) is 0 Å². The summed E-state index contributed by atoms with van der Waals surface area (Å²) in [5.74, 6) is 0.654. The van der Waals surface area contributed by atoms with Crippen molar-refractivity contribution in [3.05, 3.63) is 30.1 Å². The summed E-state index contributed by atoms with van der Waals surface area (Å²) >= 11 is 0. The van der Waals surface area contributed by atoms with Crippen molar-refractivity contribution in [1.82, 2.24) is 4.98 Å². The van der Waals surface area contributed by atoms with Crippen LogP contribution in [0, 0.1) is 11.3 Å². The molecule has 2 rings (SSSR count). The van der Waals surface area contributed by atoms with E-state index in [9.17, 15) is 5.11 Å². The van der Waals surface area contributed by atoms with E-state index in [1.54, 1.807) is 0 Å². The first-order valence-corrected chi connectivity index (χ1v) is 7.20. The van der Waals surface area contributed by atoms with Gasteiger partial charge in [-0.25, -0.2) is 0 Å². The standard InChI is InChI=1S/C16H25NO/c1-13(2)12-16(8-4-5-9-16)15(18)11-14-7-3-6-10-17-14/h3,6-7,10,13,15,18H,4-5,8-9,11-12H2,1-2H3. The van der Waals surface area contributed by atoms with Gasteiger partial charge in [0.05, 0.1) is 6.10 Å². The van der Waals surface area contributed by atoms with Gasteiger partial charge in [0.2, 0.25) is 0 Å². The van der Waals surface area contributed by atoms with Crippen molar-refractivity contribution in [2.45, 2.75) is 58.5 Å². The smallest absolute Gasteiger partial charge is 0.0651 e. The summed E-state index contributed by atoms with van der Waals surface area (Å²) in [5.41, 5.74) is 1.16. The predicted octanol–water partition coefficient (Wildman–Crippen LogP) is 3.59. The highest BCUT2D eigenvalue weighted by atomic mass is 16.3. The number of aliphatic hydroxyl groups excluding tert-OH is 1. The molecule has 100 valence electrons. The third-order valence-electron chi connectivity index (χ3n) is 4.25. The van der Waals surface area contributed by atoms with Crippen LogP contribution < -0.4 is 0 Å². The number of aromatic nitrogens is 1. The van der Waals surface area contributed by atoms with Gasteiger partial charge >= 0.3 is 0 Å². The Hall–Kier alpha value is -0.890. The highest BCUT2D eigenvalue weighted by molar-refractivity contribution is 5.07. The van der Waals surface area contributed by atoms with Crippen LogP contribution in [0.3, 0.4) is 0 Å². The van der Waals surface area contributed by atoms with Crippen LogP contribution >= 0.6 is 0 Å². The van der Waals surface area contributed by atoms with E-state index in [0.717, 1.165) is 12.1 Å². The number of nitrogens with zero attached hydrogens (tertiary/aromatic N) is 1. The third-order valence-corrected chi connectivity index (χ3v) is 4.25. The summed E-state index contributed by atoms with van der Waals surface area (Å²) in [7, 11) is 0. The molecule has 18 heavy (non-hydrogen) atoms. The second-order valence-electron chi connectivity index (χ2n) is 6.21. The molecule has 2 nitrogen and oxygen atoms in total. The number of rotatable bonds is 5. The van der Waals surface area contributed by atoms with Gasteiger partial charge in [0.15, 0.2) is 0 Å². The van der Waals surface area contributed by atoms with Gasteiger partial charge < -0.3 is 5.11 Å². The minimum Gasteiger partial charge on any atom is -0.392 e. The molecule has 0 bridgehead atoms. The highest BCUT2D eigenvalue weighted by Gasteiger charge is 2.40. The van der Waals surface area contributed by atoms with Gasteiger partial charge in [0, 0.05) is 18.3 Å². The van der Waals surface area contributed by atoms with Gasteiger partial charge in [-0.15, -0.1) is 0 Å². The van der Waals surface area contributed by atoms with E-state index < -0.39 is 0 Å². The fourth-order valence-electron chi connectivity index (χ4n) is 3.50. The zero-order valence-corrected chi connectivity index (χ0v) is 11.6. The summed E-state index contributed by atoms with van der Waals surface area (Å²) < 4.78 is 0. The fourth-order valence-corrected chi connectivity index (χ4v) is 3.50. The van der Waals surface area contributed by atoms with E-state index in [1.165, 1.54) is 25.7 Å². The van der Waals surface area contributed by atoms with Crippen molar-refractivity contribution in [3.63, 3.8) is 0 Å². The molecule has 1 atom stereocenters. The van der Waals surface area contributed by atoms with E-state index >= 15 is 0 Å². The molecule has 1 N–H and O–H groups in total. The van der Waals surface area contributed by atoms with Gasteiger partial charge in [-0.1, -0.05) is 32.8 Å². The highest BCUT2D eigenvalue weighted by Crippen LogP contribution is 2.46. The molecule has 0 radical (unpaired) electrons. The second kappa shape index (κ2) is 5.83. The number of aliphatic hydroxyl groups is 1. The van der Waals surface area contributed by atoms with E-state index in [-0.39, 0.29) is 11.5 Å². The van der Waals surface area contributed by atoms with Crippen LogP contribution in [0.25, 0.3) is 0 Å². The lowest BCUT2D eigenvalue weighted by molar-refractivity contribution is 0.0127. The molecule has 1 aromatic heterocycles. The lowest BCUT2D eigenvalue weighted by Gasteiger charge is -2.36. The molecular weight excluding hydrogens is 222 g/mol. The lowest BCUT2D eigenvalue weighted by Crippen LogP contribution is -2.35. The second-order valence-corrected chi connectivity index (χ2v) is 6.21. The Labute approximate surface area is 110 Å². The van der Waals surface area contributed by atoms with Gasteiger partial charge in [-0.3, -0.25) is 4.98 Å². The first-order chi connectivity index (χ1) is 8.62. The number of pyridine rings is 1. The molecule has 1 saturated carbocycles. The molecule has 1 unspecified atom stereocenters. The van der Waals surface area contributed by atoms with Crippen LogP contribution in [0.2, 0.25) is 0 Å². The van der Waals surface area contributed by atoms with Gasteiger partial charge in [-0.05, 0) is 42.7 Å². The van der Waals surface area contributed by atoms with Crippen LogP contribution in [0.4, 0.5) is 0 Å². The average molecular weight is 247 g/mol. The normalized spacial score (nSPS) is 20.2. The Bertz CT molecular complexity index is 355. The van der Waals surface area contributed by atoms with Crippen molar-refractivity contribution >= 4 is 0 Å². The lowest BCUT2D eigenvalue weighted by atomic mass is 9.72. The zero-order valence-electron chi connectivity index (χ0n) is 11.6. The molecule has 1 aliphatic rings. The van der Waals surface area contributed by atoms with E-state index in [0.29, 0.717) is 12.3 Å². The summed E-state index contributed by atoms with van der Waals surface area (Å²) in [5, 5.41) is 10.7. The van der Waals surface area contributed by atoms with E-state index in [1.807, 2.05) is 24.4 Å². The summed E-state index contributed by atoms with van der Waals surface area (Å²) in [4.78, 5) is 4.34. The van der Waals surface area contributed by atoms with Crippen LogP contribution in [-0.2, 0) is 6.42 Å². The summed E-state index contributed by atoms with van der Waals surface area (Å²) in [6.45, 7) is 4.51. The zero-order chi connectivity index (χ0) is 13.0. The number of hydrogen-bond donors (Lipinski definition) is 1. The number of hydrogen-bond acceptors (Lipinski definition) is 2. The maximum absolute atomic E-state index is 10.7. The van der Waals surface area contributed by atoms with Crippen molar-refractivity contribution in [3.8, 4) is 0 Å². The molecule has 0 saturated heterocycles. The quantitative estimate of drug-likeness (QED) is 0.862. The molecule has 2 heteroatoms. The maximum atomic E-state index is 10.7. The minimum absolute atomic E-state index is 0.145. The van der Waals surface area contributed by atoms with Gasteiger partial charge in [0.1, 0.15) is 0 Å². The van der Waals surface area contributed by atoms with Crippen molar-refractivity contribution in [2.24, 2.45) is 11.3 Å². The van der Waals surface area contributed by atoms with Crippen LogP contribution in [0.1, 0.15) is 51.6 Å². The molecular formula is C16H25NO. The monoisotopic (exact) mass is 247 g/mol. The molecule has 0 amide bonds. The topological polar surface area (TPSA) is 33.1 Å². The summed E-state index contributed by atoms with van der Waals surface area (Å²) in [6.07, 6.45) is 8.31. The first kappa shape index (κ1) is 13.5. The fraction of sp³-hybridized carbons (Fsp3) is 0.688. The Balaban J connectivity index is 2.06. The Kier molecular flexibility index (Phi) is 4.39. The molecule has 0 aliphatic heterocycles. The van der Waals surface area contributed by atoms with Crippen LogP contribution in [-0.4, -0.2) is 16.2 Å². The average Bonchev–Trinajstić information content (AvgIpc) is 2.79. The Morgan fingerprint density at radius 3 is 2.56 bits per heavy atom. The van der Waals surface area contributed by atoms with Crippen molar-refractivity contribution in [2.75, 3.05) is 0 Å². The predicted molar refractivity (Wildman–Crippen MR) is 74.3 cm³/mol.